The van der Waals surface area contributed by atoms with Crippen LogP contribution in [-0.4, -0.2) is 61.3 Å². The first kappa shape index (κ1) is 19.4. The van der Waals surface area contributed by atoms with Gasteiger partial charge in [0.25, 0.3) is 0 Å². The van der Waals surface area contributed by atoms with Crippen LogP contribution in [0.25, 0.3) is 11.0 Å². The van der Waals surface area contributed by atoms with Crippen molar-refractivity contribution in [3.05, 3.63) is 18.2 Å². The fourth-order valence-corrected chi connectivity index (χ4v) is 4.99. The van der Waals surface area contributed by atoms with E-state index in [2.05, 4.69) is 26.3 Å². The quantitative estimate of drug-likeness (QED) is 0.833. The van der Waals surface area contributed by atoms with E-state index in [-0.39, 0.29) is 12.3 Å². The number of hydrogen-bond donors (Lipinski definition) is 1. The number of aromatic nitrogens is 1. The molecule has 3 heterocycles. The summed E-state index contributed by atoms with van der Waals surface area (Å²) in [5.41, 5.74) is 1.79. The molecule has 1 aromatic heterocycles. The van der Waals surface area contributed by atoms with Crippen LogP contribution in [-0.2, 0) is 4.79 Å². The van der Waals surface area contributed by atoms with Crippen molar-refractivity contribution in [3.63, 3.8) is 0 Å². The maximum Gasteiger partial charge on any atom is 0.329 e. The van der Waals surface area contributed by atoms with Crippen LogP contribution >= 0.6 is 0 Å². The number of piperazine rings is 1. The number of anilines is 2. The lowest BCUT2D eigenvalue weighted by atomic mass is 9.89. The molecule has 0 spiro atoms. The van der Waals surface area contributed by atoms with Gasteiger partial charge in [-0.15, -0.1) is 0 Å². The number of hydrogen-bond acceptors (Lipinski definition) is 6. The van der Waals surface area contributed by atoms with E-state index in [1.807, 2.05) is 12.1 Å². The molecule has 3 amide bonds. The number of carbonyl (C=O) groups is 2. The molecule has 5 rings (SSSR count). The SMILES string of the molecule is O=C1CCN(c2noc3cc(N4CCN(CC5CCCCC5)CC4)ccc23)C(=O)N1. The molecule has 160 valence electrons. The van der Waals surface area contributed by atoms with Gasteiger partial charge in [0.1, 0.15) is 0 Å². The molecule has 1 aliphatic carbocycles. The summed E-state index contributed by atoms with van der Waals surface area (Å²) in [7, 11) is 0. The Morgan fingerprint density at radius 2 is 1.83 bits per heavy atom. The molecule has 30 heavy (non-hydrogen) atoms. The maximum absolute atomic E-state index is 12.1. The number of nitrogens with zero attached hydrogens (tertiary/aromatic N) is 4. The minimum Gasteiger partial charge on any atom is -0.369 e. The topological polar surface area (TPSA) is 81.9 Å². The van der Waals surface area contributed by atoms with Crippen molar-refractivity contribution in [2.45, 2.75) is 38.5 Å². The van der Waals surface area contributed by atoms with Crippen LogP contribution in [0, 0.1) is 5.92 Å². The monoisotopic (exact) mass is 411 g/mol. The second-order valence-corrected chi connectivity index (χ2v) is 8.73. The highest BCUT2D eigenvalue weighted by Crippen LogP contribution is 2.31. The van der Waals surface area contributed by atoms with Crippen LogP contribution in [0.5, 0.6) is 0 Å². The summed E-state index contributed by atoms with van der Waals surface area (Å²) in [5, 5.41) is 7.23. The summed E-state index contributed by atoms with van der Waals surface area (Å²) in [4.78, 5) is 30.0. The fraction of sp³-hybridized carbons (Fsp3) is 0.591. The largest absolute Gasteiger partial charge is 0.369 e. The summed E-state index contributed by atoms with van der Waals surface area (Å²) in [6, 6.07) is 5.61. The predicted octanol–water partition coefficient (Wildman–Crippen LogP) is 2.98. The van der Waals surface area contributed by atoms with Crippen molar-refractivity contribution in [1.29, 1.82) is 0 Å². The lowest BCUT2D eigenvalue weighted by Gasteiger charge is -2.38. The zero-order valence-corrected chi connectivity index (χ0v) is 17.3. The minimum absolute atomic E-state index is 0.256. The number of fused-ring (bicyclic) bond motifs is 1. The van der Waals surface area contributed by atoms with E-state index >= 15 is 0 Å². The van der Waals surface area contributed by atoms with E-state index in [0.29, 0.717) is 17.9 Å². The molecular weight excluding hydrogens is 382 g/mol. The van der Waals surface area contributed by atoms with Crippen LogP contribution in [0.15, 0.2) is 22.7 Å². The first-order valence-corrected chi connectivity index (χ1v) is 11.2. The van der Waals surface area contributed by atoms with Crippen molar-refractivity contribution in [2.75, 3.05) is 49.1 Å². The molecule has 0 atom stereocenters. The van der Waals surface area contributed by atoms with Gasteiger partial charge in [-0.05, 0) is 30.9 Å². The highest BCUT2D eigenvalue weighted by molar-refractivity contribution is 6.08. The number of urea groups is 1. The Morgan fingerprint density at radius 1 is 1.03 bits per heavy atom. The first-order chi connectivity index (χ1) is 14.7. The van der Waals surface area contributed by atoms with Crippen molar-refractivity contribution in [2.24, 2.45) is 5.92 Å². The van der Waals surface area contributed by atoms with Crippen LogP contribution < -0.4 is 15.1 Å². The van der Waals surface area contributed by atoms with Gasteiger partial charge in [0.05, 0.1) is 5.39 Å². The molecule has 2 aliphatic heterocycles. The molecule has 3 aliphatic rings. The van der Waals surface area contributed by atoms with E-state index in [1.165, 1.54) is 43.5 Å². The van der Waals surface area contributed by atoms with Gasteiger partial charge in [0.15, 0.2) is 11.4 Å². The molecule has 2 aromatic rings. The molecule has 1 N–H and O–H groups in total. The Morgan fingerprint density at radius 3 is 2.60 bits per heavy atom. The Labute approximate surface area is 176 Å². The second kappa shape index (κ2) is 8.26. The highest BCUT2D eigenvalue weighted by atomic mass is 16.5. The van der Waals surface area contributed by atoms with Crippen LogP contribution in [0.2, 0.25) is 0 Å². The van der Waals surface area contributed by atoms with E-state index in [1.54, 1.807) is 0 Å². The van der Waals surface area contributed by atoms with Crippen molar-refractivity contribution >= 4 is 34.4 Å². The molecule has 8 nitrogen and oxygen atoms in total. The molecule has 0 unspecified atom stereocenters. The molecule has 2 saturated heterocycles. The zero-order chi connectivity index (χ0) is 20.5. The Balaban J connectivity index is 1.24. The maximum atomic E-state index is 12.1. The lowest BCUT2D eigenvalue weighted by Crippen LogP contribution is -2.49. The van der Waals surface area contributed by atoms with Crippen molar-refractivity contribution in [3.8, 4) is 0 Å². The number of imide groups is 1. The number of carbonyl (C=O) groups excluding carboxylic acids is 2. The molecular formula is C22H29N5O3. The number of rotatable bonds is 4. The van der Waals surface area contributed by atoms with Gasteiger partial charge in [0, 0.05) is 57.4 Å². The molecule has 8 heteroatoms. The summed E-state index contributed by atoms with van der Waals surface area (Å²) >= 11 is 0. The second-order valence-electron chi connectivity index (χ2n) is 8.73. The average Bonchev–Trinajstić information content (AvgIpc) is 3.18. The normalized spacial score (nSPS) is 22.0. The molecule has 1 saturated carbocycles. The standard InChI is InChI=1S/C22H29N5O3/c28-20-8-9-27(22(29)23-20)21-18-7-6-17(14-19(18)30-24-21)26-12-10-25(11-13-26)15-16-4-2-1-3-5-16/h6-7,14,16H,1-5,8-13,15H2,(H,23,28,29). The number of nitrogens with one attached hydrogen (secondary N) is 1. The Hall–Kier alpha value is -2.61. The Bertz CT molecular complexity index is 928. The van der Waals surface area contributed by atoms with Crippen molar-refractivity contribution in [1.82, 2.24) is 15.4 Å². The Kier molecular flexibility index (Phi) is 5.33. The van der Waals surface area contributed by atoms with Gasteiger partial charge >= 0.3 is 6.03 Å². The summed E-state index contributed by atoms with van der Waals surface area (Å²) in [6.07, 6.45) is 7.28. The summed E-state index contributed by atoms with van der Waals surface area (Å²) < 4.78 is 5.54. The van der Waals surface area contributed by atoms with Gasteiger partial charge in [-0.2, -0.15) is 0 Å². The zero-order valence-electron chi connectivity index (χ0n) is 17.3. The van der Waals surface area contributed by atoms with Gasteiger partial charge in [-0.1, -0.05) is 24.4 Å². The molecule has 0 radical (unpaired) electrons. The molecule has 3 fully saturated rings. The number of benzene rings is 1. The van der Waals surface area contributed by atoms with E-state index in [4.69, 9.17) is 4.52 Å². The molecule has 1 aromatic carbocycles. The highest BCUT2D eigenvalue weighted by Gasteiger charge is 2.28. The average molecular weight is 412 g/mol. The first-order valence-electron chi connectivity index (χ1n) is 11.2. The van der Waals surface area contributed by atoms with Crippen LogP contribution in [0.4, 0.5) is 16.3 Å². The smallest absolute Gasteiger partial charge is 0.329 e. The van der Waals surface area contributed by atoms with Crippen LogP contribution in [0.3, 0.4) is 0 Å². The van der Waals surface area contributed by atoms with Gasteiger partial charge in [-0.25, -0.2) is 4.79 Å². The number of amides is 3. The molecule has 0 bridgehead atoms. The minimum atomic E-state index is -0.445. The summed E-state index contributed by atoms with van der Waals surface area (Å²) in [5.74, 6) is 1.10. The lowest BCUT2D eigenvalue weighted by molar-refractivity contribution is -0.120. The predicted molar refractivity (Wildman–Crippen MR) is 115 cm³/mol. The van der Waals surface area contributed by atoms with Crippen LogP contribution in [0.1, 0.15) is 38.5 Å². The summed E-state index contributed by atoms with van der Waals surface area (Å²) in [6.45, 7) is 5.78. The third-order valence-corrected chi connectivity index (χ3v) is 6.72. The fourth-order valence-electron chi connectivity index (χ4n) is 4.99. The van der Waals surface area contributed by atoms with E-state index in [9.17, 15) is 9.59 Å². The van der Waals surface area contributed by atoms with E-state index < -0.39 is 6.03 Å². The van der Waals surface area contributed by atoms with E-state index in [0.717, 1.165) is 43.2 Å². The third-order valence-electron chi connectivity index (χ3n) is 6.72. The van der Waals surface area contributed by atoms with Gasteiger partial charge in [-0.3, -0.25) is 19.9 Å². The van der Waals surface area contributed by atoms with Gasteiger partial charge < -0.3 is 9.42 Å². The van der Waals surface area contributed by atoms with Crippen molar-refractivity contribution < 1.29 is 14.1 Å². The third kappa shape index (κ3) is 3.88. The van der Waals surface area contributed by atoms with Gasteiger partial charge in [0.2, 0.25) is 5.91 Å².